The summed E-state index contributed by atoms with van der Waals surface area (Å²) in [6.07, 6.45) is 0. The molecule has 0 saturated heterocycles. The predicted octanol–water partition coefficient (Wildman–Crippen LogP) is 2.33. The van der Waals surface area contributed by atoms with Crippen molar-refractivity contribution in [2.75, 3.05) is 5.32 Å². The zero-order valence-corrected chi connectivity index (χ0v) is 10.1. The fraction of sp³-hybridized carbons (Fsp3) is 0.111. The van der Waals surface area contributed by atoms with E-state index in [0.29, 0.717) is 5.69 Å². The molecule has 2 rings (SSSR count). The molecule has 2 aromatic heterocycles. The second-order valence-electron chi connectivity index (χ2n) is 3.16. The molecule has 0 aromatic carbocycles. The Labute approximate surface area is 106 Å². The van der Waals surface area contributed by atoms with Gasteiger partial charge in [0.25, 0.3) is 5.91 Å². The first-order chi connectivity index (χ1) is 8.06. The molecule has 0 radical (unpaired) electrons. The molecule has 0 saturated carbocycles. The molecule has 88 valence electrons. The summed E-state index contributed by atoms with van der Waals surface area (Å²) in [6, 6.07) is 2.89. The smallest absolute Gasteiger partial charge is 0.261 e. The molecular formula is C9H6Cl2N4O2. The van der Waals surface area contributed by atoms with Gasteiger partial charge in [0.2, 0.25) is 5.88 Å². The highest BCUT2D eigenvalue weighted by atomic mass is 35.5. The van der Waals surface area contributed by atoms with E-state index in [2.05, 4.69) is 20.7 Å². The Kier molecular flexibility index (Phi) is 3.26. The second kappa shape index (κ2) is 4.68. The number of nitrogens with one attached hydrogen (secondary N) is 1. The Morgan fingerprint density at radius 1 is 1.35 bits per heavy atom. The summed E-state index contributed by atoms with van der Waals surface area (Å²) in [5.41, 5.74) is 0.762. The third-order valence-electron chi connectivity index (χ3n) is 1.83. The Balaban J connectivity index is 2.22. The number of halogens is 2. The summed E-state index contributed by atoms with van der Waals surface area (Å²) in [4.78, 5) is 11.8. The van der Waals surface area contributed by atoms with E-state index in [4.69, 9.17) is 27.7 Å². The minimum Gasteiger partial charge on any atom is -0.338 e. The van der Waals surface area contributed by atoms with Gasteiger partial charge in [-0.25, -0.2) is 0 Å². The number of hydrogen-bond donors (Lipinski definition) is 1. The van der Waals surface area contributed by atoms with E-state index < -0.39 is 5.91 Å². The minimum atomic E-state index is -0.497. The van der Waals surface area contributed by atoms with Crippen LogP contribution in [0.25, 0.3) is 0 Å². The lowest BCUT2D eigenvalue weighted by atomic mass is 10.3. The van der Waals surface area contributed by atoms with Crippen LogP contribution >= 0.6 is 23.2 Å². The van der Waals surface area contributed by atoms with Crippen molar-refractivity contribution in [3.8, 4) is 0 Å². The monoisotopic (exact) mass is 272 g/mol. The highest BCUT2D eigenvalue weighted by Gasteiger charge is 2.15. The van der Waals surface area contributed by atoms with Crippen molar-refractivity contribution in [1.29, 1.82) is 0 Å². The van der Waals surface area contributed by atoms with Gasteiger partial charge in [0.15, 0.2) is 10.3 Å². The lowest BCUT2D eigenvalue weighted by Gasteiger charge is -2.02. The fourth-order valence-corrected chi connectivity index (χ4v) is 1.44. The first-order valence-electron chi connectivity index (χ1n) is 4.49. The van der Waals surface area contributed by atoms with E-state index in [0.717, 1.165) is 0 Å². The van der Waals surface area contributed by atoms with Crippen LogP contribution in [0.15, 0.2) is 16.7 Å². The summed E-state index contributed by atoms with van der Waals surface area (Å²) >= 11 is 11.3. The number of amides is 1. The molecule has 0 atom stereocenters. The zero-order valence-electron chi connectivity index (χ0n) is 8.57. The van der Waals surface area contributed by atoms with Gasteiger partial charge in [-0.3, -0.25) is 10.1 Å². The van der Waals surface area contributed by atoms with Crippen molar-refractivity contribution in [3.05, 3.63) is 33.7 Å². The Morgan fingerprint density at radius 2 is 2.12 bits per heavy atom. The van der Waals surface area contributed by atoms with E-state index in [-0.39, 0.29) is 21.8 Å². The van der Waals surface area contributed by atoms with Gasteiger partial charge in [0, 0.05) is 6.07 Å². The van der Waals surface area contributed by atoms with E-state index in [1.54, 1.807) is 13.0 Å². The lowest BCUT2D eigenvalue weighted by Crippen LogP contribution is -2.13. The minimum absolute atomic E-state index is 0.0388. The zero-order chi connectivity index (χ0) is 12.4. The summed E-state index contributed by atoms with van der Waals surface area (Å²) < 4.78 is 4.83. The SMILES string of the molecule is Cc1cc(NC(=O)c2cc(Cl)nnc2Cl)on1. The standard InChI is InChI=1S/C9H6Cl2N4O2/c1-4-2-7(17-15-4)12-9(16)5-3-6(10)13-14-8(5)11/h2-3H,1H3,(H,12,16). The van der Waals surface area contributed by atoms with Crippen LogP contribution in [0.2, 0.25) is 10.3 Å². The van der Waals surface area contributed by atoms with E-state index in [1.165, 1.54) is 6.07 Å². The van der Waals surface area contributed by atoms with Crippen LogP contribution in [-0.4, -0.2) is 21.3 Å². The highest BCUT2D eigenvalue weighted by Crippen LogP contribution is 2.17. The number of aromatic nitrogens is 3. The van der Waals surface area contributed by atoms with Crippen molar-refractivity contribution >= 4 is 35.0 Å². The molecule has 0 spiro atoms. The van der Waals surface area contributed by atoms with E-state index >= 15 is 0 Å². The average Bonchev–Trinajstić information content (AvgIpc) is 2.67. The molecule has 0 unspecified atom stereocenters. The van der Waals surface area contributed by atoms with Crippen LogP contribution in [0, 0.1) is 6.92 Å². The third kappa shape index (κ3) is 2.72. The van der Waals surface area contributed by atoms with Crippen LogP contribution in [0.4, 0.5) is 5.88 Å². The van der Waals surface area contributed by atoms with Gasteiger partial charge < -0.3 is 4.52 Å². The predicted molar refractivity (Wildman–Crippen MR) is 61.2 cm³/mol. The van der Waals surface area contributed by atoms with Gasteiger partial charge in [-0.1, -0.05) is 28.4 Å². The molecule has 6 nitrogen and oxygen atoms in total. The van der Waals surface area contributed by atoms with E-state index in [1.807, 2.05) is 0 Å². The maximum absolute atomic E-state index is 11.8. The molecule has 2 heterocycles. The lowest BCUT2D eigenvalue weighted by molar-refractivity contribution is 0.102. The summed E-state index contributed by atoms with van der Waals surface area (Å²) in [5, 5.41) is 13.2. The molecule has 2 aromatic rings. The number of carbonyl (C=O) groups is 1. The molecule has 17 heavy (non-hydrogen) atoms. The van der Waals surface area contributed by atoms with Crippen LogP contribution in [-0.2, 0) is 0 Å². The number of hydrogen-bond acceptors (Lipinski definition) is 5. The number of anilines is 1. The molecule has 8 heteroatoms. The van der Waals surface area contributed by atoms with Crippen molar-refractivity contribution in [1.82, 2.24) is 15.4 Å². The summed E-state index contributed by atoms with van der Waals surface area (Å²) in [7, 11) is 0. The first-order valence-corrected chi connectivity index (χ1v) is 5.25. The molecule has 0 aliphatic carbocycles. The molecule has 0 bridgehead atoms. The van der Waals surface area contributed by atoms with Crippen molar-refractivity contribution < 1.29 is 9.32 Å². The van der Waals surface area contributed by atoms with Gasteiger partial charge in [-0.2, -0.15) is 0 Å². The van der Waals surface area contributed by atoms with Crippen LogP contribution in [0.1, 0.15) is 16.1 Å². The maximum atomic E-state index is 11.8. The van der Waals surface area contributed by atoms with Gasteiger partial charge in [-0.15, -0.1) is 10.2 Å². The normalized spacial score (nSPS) is 10.3. The van der Waals surface area contributed by atoms with E-state index in [9.17, 15) is 4.79 Å². The van der Waals surface area contributed by atoms with Crippen molar-refractivity contribution in [3.63, 3.8) is 0 Å². The van der Waals surface area contributed by atoms with Crippen LogP contribution in [0.3, 0.4) is 0 Å². The van der Waals surface area contributed by atoms with Crippen molar-refractivity contribution in [2.45, 2.75) is 6.92 Å². The quantitative estimate of drug-likeness (QED) is 0.908. The van der Waals surface area contributed by atoms with Crippen molar-refractivity contribution in [2.24, 2.45) is 0 Å². The molecular weight excluding hydrogens is 267 g/mol. The van der Waals surface area contributed by atoms with Gasteiger partial charge in [0.1, 0.15) is 0 Å². The number of nitrogens with zero attached hydrogens (tertiary/aromatic N) is 3. The molecule has 0 aliphatic heterocycles. The maximum Gasteiger partial charge on any atom is 0.261 e. The fourth-order valence-electron chi connectivity index (χ4n) is 1.11. The Morgan fingerprint density at radius 3 is 2.76 bits per heavy atom. The summed E-state index contributed by atoms with van der Waals surface area (Å²) in [6.45, 7) is 1.73. The topological polar surface area (TPSA) is 80.9 Å². The number of rotatable bonds is 2. The third-order valence-corrected chi connectivity index (χ3v) is 2.29. The number of aryl methyl sites for hydroxylation is 1. The average molecular weight is 273 g/mol. The number of carbonyl (C=O) groups excluding carboxylic acids is 1. The molecule has 0 aliphatic rings. The Hall–Kier alpha value is -1.66. The molecule has 1 amide bonds. The highest BCUT2D eigenvalue weighted by molar-refractivity contribution is 6.34. The van der Waals surface area contributed by atoms with Crippen LogP contribution in [0.5, 0.6) is 0 Å². The molecule has 0 fully saturated rings. The van der Waals surface area contributed by atoms with Gasteiger partial charge in [-0.05, 0) is 13.0 Å². The summed E-state index contributed by atoms with van der Waals surface area (Å²) in [5.74, 6) is -0.278. The second-order valence-corrected chi connectivity index (χ2v) is 3.90. The molecule has 1 N–H and O–H groups in total. The van der Waals surface area contributed by atoms with Crippen LogP contribution < -0.4 is 5.32 Å². The largest absolute Gasteiger partial charge is 0.338 e. The first kappa shape index (κ1) is 11.8. The Bertz CT molecular complexity index is 570. The van der Waals surface area contributed by atoms with Gasteiger partial charge >= 0.3 is 0 Å². The van der Waals surface area contributed by atoms with Gasteiger partial charge in [0.05, 0.1) is 11.3 Å².